The van der Waals surface area contributed by atoms with E-state index in [4.69, 9.17) is 19.4 Å². The lowest BCUT2D eigenvalue weighted by molar-refractivity contribution is 0.669. The first-order valence-corrected chi connectivity index (χ1v) is 50.7. The molecule has 30 rings (SSSR count). The summed E-state index contributed by atoms with van der Waals surface area (Å²) in [7, 11) is 0. The van der Waals surface area contributed by atoms with Crippen LogP contribution in [0.15, 0.2) is 544 Å². The first-order valence-electron chi connectivity index (χ1n) is 49.9. The molecule has 0 atom stereocenters. The molecule has 0 N–H and O–H groups in total. The lowest BCUT2D eigenvalue weighted by Crippen LogP contribution is -2.00. The maximum atomic E-state index is 6.02. The van der Waals surface area contributed by atoms with E-state index in [1.807, 2.05) is 84.1 Å². The Hall–Kier alpha value is -18.9. The zero-order valence-corrected chi connectivity index (χ0v) is 80.4. The number of hydrogen-bond donors (Lipinski definition) is 0. The first-order chi connectivity index (χ1) is 72.4. The highest BCUT2D eigenvalue weighted by Crippen LogP contribution is 2.48. The minimum Gasteiger partial charge on any atom is -0.456 e. The third-order valence-electron chi connectivity index (χ3n) is 29.3. The molecule has 4 nitrogen and oxygen atoms in total. The summed E-state index contributed by atoms with van der Waals surface area (Å²) in [6.07, 6.45) is 0. The van der Waals surface area contributed by atoms with Gasteiger partial charge in [-0.3, -0.25) is 0 Å². The lowest BCUT2D eigenvalue weighted by Gasteiger charge is -2.14. The van der Waals surface area contributed by atoms with Gasteiger partial charge in [0.15, 0.2) is 17.5 Å². The predicted octanol–water partition coefficient (Wildman–Crippen LogP) is 39.7. The molecule has 680 valence electrons. The molecule has 5 heteroatoms. The van der Waals surface area contributed by atoms with E-state index in [0.29, 0.717) is 17.5 Å². The Bertz CT molecular complexity index is 10200. The minimum absolute atomic E-state index is 0.654. The van der Waals surface area contributed by atoms with Crippen molar-refractivity contribution in [1.29, 1.82) is 0 Å². The van der Waals surface area contributed by atoms with Crippen molar-refractivity contribution in [3.63, 3.8) is 0 Å². The van der Waals surface area contributed by atoms with Crippen molar-refractivity contribution in [3.05, 3.63) is 540 Å². The van der Waals surface area contributed by atoms with Gasteiger partial charge in [-0.2, -0.15) is 0 Å². The van der Waals surface area contributed by atoms with Gasteiger partial charge >= 0.3 is 0 Å². The fraction of sp³-hybridized carbons (Fsp3) is 0. The molecule has 0 aliphatic rings. The van der Waals surface area contributed by atoms with Crippen molar-refractivity contribution in [1.82, 2.24) is 15.0 Å². The van der Waals surface area contributed by atoms with Gasteiger partial charge in [0.2, 0.25) is 0 Å². The van der Waals surface area contributed by atoms with Crippen molar-refractivity contribution < 1.29 is 4.42 Å². The van der Waals surface area contributed by atoms with Gasteiger partial charge in [0.05, 0.1) is 0 Å². The van der Waals surface area contributed by atoms with Crippen LogP contribution < -0.4 is 0 Å². The monoisotopic (exact) mass is 1870 g/mol. The topological polar surface area (TPSA) is 51.8 Å². The Labute approximate surface area is 847 Å². The molecule has 30 aromatic rings. The third-order valence-corrected chi connectivity index (χ3v) is 30.5. The second-order valence-corrected chi connectivity index (χ2v) is 38.8. The van der Waals surface area contributed by atoms with Crippen LogP contribution in [0.1, 0.15) is 0 Å². The molecule has 0 amide bonds. The molecule has 0 radical (unpaired) electrons. The van der Waals surface area contributed by atoms with Crippen LogP contribution in [0.4, 0.5) is 0 Å². The van der Waals surface area contributed by atoms with E-state index in [2.05, 4.69) is 467 Å². The smallest absolute Gasteiger partial charge is 0.164 e. The number of aromatic nitrogens is 3. The van der Waals surface area contributed by atoms with E-state index >= 15 is 0 Å². The van der Waals surface area contributed by atoms with Crippen LogP contribution in [0.3, 0.4) is 0 Å². The molecular formula is C141H89N3OS. The largest absolute Gasteiger partial charge is 0.456 e. The van der Waals surface area contributed by atoms with Gasteiger partial charge < -0.3 is 4.42 Å². The number of para-hydroxylation sites is 1. The van der Waals surface area contributed by atoms with Crippen molar-refractivity contribution in [2.75, 3.05) is 0 Å². The van der Waals surface area contributed by atoms with Gasteiger partial charge in [-0.05, 0) is 280 Å². The zero-order valence-electron chi connectivity index (χ0n) is 79.5. The highest BCUT2D eigenvalue weighted by Gasteiger charge is 2.21. The second-order valence-electron chi connectivity index (χ2n) is 37.7. The van der Waals surface area contributed by atoms with Gasteiger partial charge in [0.1, 0.15) is 11.2 Å². The summed E-state index contributed by atoms with van der Waals surface area (Å²) in [6, 6.07) is 194. The Kier molecular flexibility index (Phi) is 21.8. The molecule has 0 aliphatic carbocycles. The van der Waals surface area contributed by atoms with E-state index in [9.17, 15) is 0 Å². The number of nitrogens with zero attached hydrogens (tertiary/aromatic N) is 3. The summed E-state index contributed by atoms with van der Waals surface area (Å²) in [4.78, 5) is 14.7. The fourth-order valence-corrected chi connectivity index (χ4v) is 23.5. The van der Waals surface area contributed by atoms with Crippen LogP contribution in [-0.2, 0) is 0 Å². The van der Waals surface area contributed by atoms with Gasteiger partial charge in [-0.1, -0.05) is 467 Å². The summed E-state index contributed by atoms with van der Waals surface area (Å²) in [6.45, 7) is 0. The maximum absolute atomic E-state index is 6.02. The predicted molar refractivity (Wildman–Crippen MR) is 624 cm³/mol. The lowest BCUT2D eigenvalue weighted by atomic mass is 9.90. The van der Waals surface area contributed by atoms with Crippen molar-refractivity contribution >= 4 is 183 Å². The number of fused-ring (bicyclic) bond motifs is 30. The molecule has 3 heterocycles. The Morgan fingerprint density at radius 2 is 0.342 bits per heavy atom. The summed E-state index contributed by atoms with van der Waals surface area (Å²) in [5, 5.41) is 36.1. The number of furan rings is 1. The molecule has 0 saturated heterocycles. The quantitative estimate of drug-likeness (QED) is 0.128. The number of thiophene rings is 1. The van der Waals surface area contributed by atoms with Crippen LogP contribution in [-0.4, -0.2) is 15.0 Å². The molecule has 0 unspecified atom stereocenters. The summed E-state index contributed by atoms with van der Waals surface area (Å²) in [5.74, 6) is 1.98. The fourth-order valence-electron chi connectivity index (χ4n) is 22.2. The number of rotatable bonds is 10. The van der Waals surface area contributed by atoms with E-state index in [1.165, 1.54) is 216 Å². The van der Waals surface area contributed by atoms with Gasteiger partial charge in [-0.15, -0.1) is 11.3 Å². The molecule has 0 saturated carbocycles. The molecule has 0 aliphatic heterocycles. The molecule has 0 fully saturated rings. The second kappa shape index (κ2) is 36.9. The van der Waals surface area contributed by atoms with E-state index in [1.54, 1.807) is 0 Å². The van der Waals surface area contributed by atoms with Crippen LogP contribution >= 0.6 is 11.3 Å². The maximum Gasteiger partial charge on any atom is 0.164 e. The van der Waals surface area contributed by atoms with Crippen LogP contribution in [0.5, 0.6) is 0 Å². The Morgan fingerprint density at radius 3 is 0.712 bits per heavy atom. The van der Waals surface area contributed by atoms with Crippen LogP contribution in [0.2, 0.25) is 0 Å². The van der Waals surface area contributed by atoms with Gasteiger partial charge in [-0.25, -0.2) is 15.0 Å². The third kappa shape index (κ3) is 15.7. The van der Waals surface area contributed by atoms with Gasteiger partial charge in [0.25, 0.3) is 0 Å². The van der Waals surface area contributed by atoms with Crippen molar-refractivity contribution in [2.24, 2.45) is 0 Å². The summed E-state index contributed by atoms with van der Waals surface area (Å²) < 4.78 is 8.72. The van der Waals surface area contributed by atoms with Crippen LogP contribution in [0.25, 0.3) is 283 Å². The Morgan fingerprint density at radius 1 is 0.123 bits per heavy atom. The van der Waals surface area contributed by atoms with E-state index in [-0.39, 0.29) is 0 Å². The molecular weight excluding hydrogens is 1780 g/mol. The number of benzene rings is 27. The molecule has 0 spiro atoms. The standard InChI is InChI=1S/C39H25N3.C36H22S.C36H24.C30H18O/c1-3-12-26(13-4-1)37-40-38(27-14-5-2-6-15-27)42-39(41-37)30-17-11-16-28(24-30)29-22-23-35-33-20-8-7-18-31(33)32-19-9-10-21-34(32)36(35)25-29;1-2-13-29-27(11-1)28-12-3-4-14-30(28)34-22-24(19-20-31(29)34)23-9-7-10-25(21-23)26-16-8-17-33-32-15-5-6-18-35(32)37-36(26)33;1-3-10-25(11-4-1)27-14-9-15-28(22-27)30-19-21-34-33-20-18-29(26-12-5-2-6-13-26)23-35(33)31-16-7-8-17-32(31)36(34)24-30;1-2-9-23-21(7-1)22-8-3-4-10-24(22)27-17-19(13-15-25(23)27)20-14-16-30-28(18-20)26-11-5-6-12-29(26)31-30/h1-25H;1-22H;1-24H;1-18H. The summed E-state index contributed by atoms with van der Waals surface area (Å²) in [5.41, 5.74) is 22.0. The first kappa shape index (κ1) is 86.2. The number of hydrogen-bond acceptors (Lipinski definition) is 5. The normalized spacial score (nSPS) is 11.6. The molecule has 3 aromatic heterocycles. The summed E-state index contributed by atoms with van der Waals surface area (Å²) >= 11 is 1.89. The van der Waals surface area contributed by atoms with Crippen LogP contribution in [0, 0.1) is 0 Å². The molecule has 0 bridgehead atoms. The minimum atomic E-state index is 0.654. The van der Waals surface area contributed by atoms with E-state index < -0.39 is 0 Å². The molecule has 146 heavy (non-hydrogen) atoms. The van der Waals surface area contributed by atoms with Crippen molar-refractivity contribution in [2.45, 2.75) is 0 Å². The average molecular weight is 1870 g/mol. The highest BCUT2D eigenvalue weighted by molar-refractivity contribution is 7.26. The Balaban J connectivity index is 0.0000000970. The van der Waals surface area contributed by atoms with Gasteiger partial charge in [0, 0.05) is 47.6 Å². The van der Waals surface area contributed by atoms with E-state index in [0.717, 1.165) is 49.8 Å². The highest BCUT2D eigenvalue weighted by atomic mass is 32.1. The molecule has 27 aromatic carbocycles. The SMILES string of the molecule is c1cc(-c2ccc3c4ccccc4c4ccccc4c3c2)cc(-c2cccc3c2sc2ccccc23)c1.c1ccc(-c2cccc(-c3ccc4c5ccc(-c6ccccc6)cc5c5ccccc5c4c3)c2)cc1.c1ccc(-c2nc(-c3ccccc3)nc(-c3cccc(-c4ccc5c6ccccc6c6ccccc6c5c4)c3)n2)cc1.c1ccc2c(c1)oc1ccc(-c3ccc4c5ccccc5c5ccccc5c4c3)cc12. The zero-order chi connectivity index (χ0) is 96.5. The van der Waals surface area contributed by atoms with Crippen molar-refractivity contribution in [3.8, 4) is 112 Å². The average Bonchev–Trinajstić information content (AvgIpc) is 1.06.